The molecule has 0 spiro atoms. The molecule has 29 heavy (non-hydrogen) atoms. The molecule has 2 fully saturated rings. The third kappa shape index (κ3) is 5.10. The second-order valence-corrected chi connectivity index (χ2v) is 7.61. The smallest absolute Gasteiger partial charge is 0.370 e. The van der Waals surface area contributed by atoms with Gasteiger partial charge in [0, 0.05) is 19.5 Å². The highest BCUT2D eigenvalue weighted by molar-refractivity contribution is 5.88. The number of halogens is 3. The number of likely N-dealkylation sites (tertiary alicyclic amines) is 1. The summed E-state index contributed by atoms with van der Waals surface area (Å²) in [6.45, 7) is 3.54. The van der Waals surface area contributed by atoms with Gasteiger partial charge in [-0.1, -0.05) is 19.1 Å². The lowest BCUT2D eigenvalue weighted by molar-refractivity contribution is -0.152. The number of hydrogen-bond acceptors (Lipinski definition) is 3. The van der Waals surface area contributed by atoms with Crippen molar-refractivity contribution in [1.29, 1.82) is 0 Å². The van der Waals surface area contributed by atoms with Crippen LogP contribution >= 0.6 is 0 Å². The normalized spacial score (nSPS) is 23.2. The predicted molar refractivity (Wildman–Crippen MR) is 101 cm³/mol. The predicted octanol–water partition coefficient (Wildman–Crippen LogP) is 3.79. The van der Waals surface area contributed by atoms with Gasteiger partial charge in [-0.3, -0.25) is 9.59 Å². The summed E-state index contributed by atoms with van der Waals surface area (Å²) in [6.07, 6.45) is -1.24. The largest absolute Gasteiger partial charge is 0.416 e. The molecule has 160 valence electrons. The SMILES string of the molecule is CCCC(=O)N1CCCC[C@@H]1C(=O)N1CCO[C@@H](c2ccc(C(F)(F)F)cc2)C1. The van der Waals surface area contributed by atoms with Gasteiger partial charge in [0.2, 0.25) is 11.8 Å². The molecule has 0 saturated carbocycles. The van der Waals surface area contributed by atoms with E-state index in [0.717, 1.165) is 31.4 Å². The Bertz CT molecular complexity index is 721. The van der Waals surface area contributed by atoms with E-state index in [1.54, 1.807) is 9.80 Å². The van der Waals surface area contributed by atoms with Crippen LogP contribution in [0.4, 0.5) is 13.2 Å². The highest BCUT2D eigenvalue weighted by Crippen LogP contribution is 2.31. The third-order valence-corrected chi connectivity index (χ3v) is 5.56. The molecule has 0 radical (unpaired) electrons. The summed E-state index contributed by atoms with van der Waals surface area (Å²) in [5.41, 5.74) is -0.102. The molecule has 0 aliphatic carbocycles. The summed E-state index contributed by atoms with van der Waals surface area (Å²) in [4.78, 5) is 29.0. The number of benzene rings is 1. The van der Waals surface area contributed by atoms with Crippen LogP contribution in [0.25, 0.3) is 0 Å². The molecule has 5 nitrogen and oxygen atoms in total. The first kappa shape index (κ1) is 21.6. The molecule has 3 rings (SSSR count). The molecule has 0 N–H and O–H groups in total. The number of amides is 2. The molecule has 2 saturated heterocycles. The van der Waals surface area contributed by atoms with Crippen molar-refractivity contribution < 1.29 is 27.5 Å². The number of carbonyl (C=O) groups is 2. The second-order valence-electron chi connectivity index (χ2n) is 7.61. The molecule has 2 aliphatic rings. The molecular formula is C21H27F3N2O3. The molecule has 1 aromatic carbocycles. The number of alkyl halides is 3. The second kappa shape index (κ2) is 9.15. The molecule has 0 unspecified atom stereocenters. The van der Waals surface area contributed by atoms with Gasteiger partial charge in [-0.05, 0) is 43.4 Å². The Kier molecular flexibility index (Phi) is 6.82. The lowest BCUT2D eigenvalue weighted by Crippen LogP contribution is -2.55. The van der Waals surface area contributed by atoms with Gasteiger partial charge in [0.15, 0.2) is 0 Å². The van der Waals surface area contributed by atoms with Crippen molar-refractivity contribution in [2.45, 2.75) is 57.3 Å². The first-order valence-electron chi connectivity index (χ1n) is 10.2. The minimum Gasteiger partial charge on any atom is -0.370 e. The summed E-state index contributed by atoms with van der Waals surface area (Å²) < 4.78 is 44.0. The zero-order chi connectivity index (χ0) is 21.0. The van der Waals surface area contributed by atoms with Crippen LogP contribution in [0.15, 0.2) is 24.3 Å². The first-order valence-corrected chi connectivity index (χ1v) is 10.2. The van der Waals surface area contributed by atoms with E-state index < -0.39 is 23.9 Å². The maximum atomic E-state index is 13.2. The van der Waals surface area contributed by atoms with Gasteiger partial charge in [-0.15, -0.1) is 0 Å². The maximum Gasteiger partial charge on any atom is 0.416 e. The number of hydrogen-bond donors (Lipinski definition) is 0. The monoisotopic (exact) mass is 412 g/mol. The van der Waals surface area contributed by atoms with Crippen LogP contribution in [0.3, 0.4) is 0 Å². The van der Waals surface area contributed by atoms with E-state index in [1.165, 1.54) is 12.1 Å². The molecule has 2 amide bonds. The lowest BCUT2D eigenvalue weighted by Gasteiger charge is -2.40. The fraction of sp³-hybridized carbons (Fsp3) is 0.619. The quantitative estimate of drug-likeness (QED) is 0.756. The number of nitrogens with zero attached hydrogens (tertiary/aromatic N) is 2. The van der Waals surface area contributed by atoms with Gasteiger partial charge < -0.3 is 14.5 Å². The van der Waals surface area contributed by atoms with Gasteiger partial charge >= 0.3 is 6.18 Å². The fourth-order valence-electron chi connectivity index (χ4n) is 3.99. The number of ether oxygens (including phenoxy) is 1. The van der Waals surface area contributed by atoms with Crippen LogP contribution in [0.1, 0.15) is 56.3 Å². The zero-order valence-corrected chi connectivity index (χ0v) is 16.6. The van der Waals surface area contributed by atoms with Crippen molar-refractivity contribution in [3.8, 4) is 0 Å². The standard InChI is InChI=1S/C21H27F3N2O3/c1-2-5-19(27)26-11-4-3-6-17(26)20(28)25-12-13-29-18(14-25)15-7-9-16(10-8-15)21(22,23)24/h7-10,17-18H,2-6,11-14H2,1H3/t17-,18-/m1/s1. The summed E-state index contributed by atoms with van der Waals surface area (Å²) in [5.74, 6) is -0.0764. The Balaban J connectivity index is 1.69. The average molecular weight is 412 g/mol. The van der Waals surface area contributed by atoms with E-state index in [9.17, 15) is 22.8 Å². The van der Waals surface area contributed by atoms with Crippen LogP contribution in [0.5, 0.6) is 0 Å². The number of rotatable bonds is 4. The van der Waals surface area contributed by atoms with Gasteiger partial charge in [-0.25, -0.2) is 0 Å². The number of carbonyl (C=O) groups excluding carboxylic acids is 2. The third-order valence-electron chi connectivity index (χ3n) is 5.56. The van der Waals surface area contributed by atoms with Gasteiger partial charge in [-0.2, -0.15) is 13.2 Å². The topological polar surface area (TPSA) is 49.9 Å². The minimum absolute atomic E-state index is 0.0121. The van der Waals surface area contributed by atoms with E-state index >= 15 is 0 Å². The molecule has 2 atom stereocenters. The molecule has 2 heterocycles. The van der Waals surface area contributed by atoms with E-state index in [2.05, 4.69) is 0 Å². The van der Waals surface area contributed by atoms with Gasteiger partial charge in [0.05, 0.1) is 18.7 Å². The van der Waals surface area contributed by atoms with Crippen LogP contribution < -0.4 is 0 Å². The first-order chi connectivity index (χ1) is 13.8. The lowest BCUT2D eigenvalue weighted by atomic mass is 9.99. The Morgan fingerprint density at radius 3 is 2.52 bits per heavy atom. The van der Waals surface area contributed by atoms with E-state index in [-0.39, 0.29) is 18.4 Å². The summed E-state index contributed by atoms with van der Waals surface area (Å²) in [5, 5.41) is 0. The van der Waals surface area contributed by atoms with Crippen molar-refractivity contribution >= 4 is 11.8 Å². The van der Waals surface area contributed by atoms with Crippen LogP contribution in [-0.2, 0) is 20.5 Å². The minimum atomic E-state index is -4.39. The zero-order valence-electron chi connectivity index (χ0n) is 16.6. The summed E-state index contributed by atoms with van der Waals surface area (Å²) in [6, 6.07) is 4.42. The maximum absolute atomic E-state index is 13.2. The van der Waals surface area contributed by atoms with Crippen molar-refractivity contribution in [1.82, 2.24) is 9.80 Å². The van der Waals surface area contributed by atoms with Crippen molar-refractivity contribution in [2.75, 3.05) is 26.2 Å². The van der Waals surface area contributed by atoms with Gasteiger partial charge in [0.25, 0.3) is 0 Å². The number of piperidine rings is 1. The molecular weight excluding hydrogens is 385 g/mol. The van der Waals surface area contributed by atoms with E-state index in [0.29, 0.717) is 38.1 Å². The Morgan fingerprint density at radius 2 is 1.86 bits per heavy atom. The number of morpholine rings is 1. The summed E-state index contributed by atoms with van der Waals surface area (Å²) in [7, 11) is 0. The highest BCUT2D eigenvalue weighted by Gasteiger charge is 2.37. The van der Waals surface area contributed by atoms with Crippen LogP contribution in [0, 0.1) is 0 Å². The van der Waals surface area contributed by atoms with Crippen molar-refractivity contribution in [2.24, 2.45) is 0 Å². The fourth-order valence-corrected chi connectivity index (χ4v) is 3.99. The van der Waals surface area contributed by atoms with Crippen LogP contribution in [-0.4, -0.2) is 53.9 Å². The molecule has 1 aromatic rings. The van der Waals surface area contributed by atoms with Gasteiger partial charge in [0.1, 0.15) is 12.1 Å². The van der Waals surface area contributed by atoms with Crippen LogP contribution in [0.2, 0.25) is 0 Å². The molecule has 8 heteroatoms. The van der Waals surface area contributed by atoms with Crippen molar-refractivity contribution in [3.05, 3.63) is 35.4 Å². The summed E-state index contributed by atoms with van der Waals surface area (Å²) >= 11 is 0. The average Bonchev–Trinajstić information content (AvgIpc) is 2.73. The van der Waals surface area contributed by atoms with E-state index in [4.69, 9.17) is 4.74 Å². The van der Waals surface area contributed by atoms with Crippen molar-refractivity contribution in [3.63, 3.8) is 0 Å². The Labute approximate surface area is 168 Å². The molecule has 0 aromatic heterocycles. The Morgan fingerprint density at radius 1 is 1.14 bits per heavy atom. The molecule has 0 bridgehead atoms. The Hall–Kier alpha value is -2.09. The molecule has 2 aliphatic heterocycles. The van der Waals surface area contributed by atoms with E-state index in [1.807, 2.05) is 6.92 Å². The highest BCUT2D eigenvalue weighted by atomic mass is 19.4.